The summed E-state index contributed by atoms with van der Waals surface area (Å²) >= 11 is 0. The molecule has 0 bridgehead atoms. The van der Waals surface area contributed by atoms with Crippen LogP contribution in [0.1, 0.15) is 41.6 Å². The summed E-state index contributed by atoms with van der Waals surface area (Å²) in [6.07, 6.45) is 5.75. The van der Waals surface area contributed by atoms with Crippen molar-refractivity contribution in [2.45, 2.75) is 31.7 Å². The molecule has 0 atom stereocenters. The largest absolute Gasteiger partial charge is 0.398 e. The maximum Gasteiger partial charge on any atom is 0.315 e. The summed E-state index contributed by atoms with van der Waals surface area (Å²) in [5, 5.41) is 3.47. The van der Waals surface area contributed by atoms with Crippen LogP contribution in [0.4, 0.5) is 5.69 Å². The first-order chi connectivity index (χ1) is 8.78. The summed E-state index contributed by atoms with van der Waals surface area (Å²) in [5.41, 5.74) is 8.80. The second-order valence-corrected chi connectivity index (χ2v) is 4.92. The molecular formula is C13H15BN3O. The van der Waals surface area contributed by atoms with E-state index in [9.17, 15) is 4.79 Å². The fraction of sp³-hybridized carbons (Fsp3) is 0.385. The van der Waals surface area contributed by atoms with Gasteiger partial charge in [0.05, 0.1) is 0 Å². The highest BCUT2D eigenvalue weighted by Gasteiger charge is 2.23. The number of fused-ring (bicyclic) bond motifs is 1. The highest BCUT2D eigenvalue weighted by Crippen LogP contribution is 2.19. The molecule has 0 aromatic heterocycles. The van der Waals surface area contributed by atoms with Gasteiger partial charge in [-0.25, -0.2) is 0 Å². The molecule has 1 aromatic carbocycles. The van der Waals surface area contributed by atoms with Crippen LogP contribution in [0.5, 0.6) is 0 Å². The Kier molecular flexibility index (Phi) is 2.82. The highest BCUT2D eigenvalue weighted by atomic mass is 16.1. The first-order valence-corrected chi connectivity index (χ1v) is 6.34. The molecule has 1 aliphatic heterocycles. The van der Waals surface area contributed by atoms with Crippen LogP contribution in [0, 0.1) is 0 Å². The maximum absolute atomic E-state index is 10.9. The molecule has 3 rings (SSSR count). The average Bonchev–Trinajstić information content (AvgIpc) is 2.99. The maximum atomic E-state index is 10.9. The van der Waals surface area contributed by atoms with Gasteiger partial charge in [-0.1, -0.05) is 12.8 Å². The monoisotopic (exact) mass is 240 g/mol. The summed E-state index contributed by atoms with van der Waals surface area (Å²) < 4.78 is 0. The average molecular weight is 240 g/mol. The van der Waals surface area contributed by atoms with Crippen molar-refractivity contribution in [3.05, 3.63) is 23.3 Å². The Morgan fingerprint density at radius 2 is 2.17 bits per heavy atom. The predicted octanol–water partition coefficient (Wildman–Crippen LogP) is 0.618. The van der Waals surface area contributed by atoms with Gasteiger partial charge < -0.3 is 16.0 Å². The molecule has 5 heteroatoms. The molecule has 1 saturated carbocycles. The van der Waals surface area contributed by atoms with Gasteiger partial charge in [0.15, 0.2) is 6.29 Å². The van der Waals surface area contributed by atoms with E-state index in [0.717, 1.165) is 23.1 Å². The second-order valence-electron chi connectivity index (χ2n) is 4.92. The zero-order chi connectivity index (χ0) is 12.5. The molecule has 3 N–H and O–H groups in total. The van der Waals surface area contributed by atoms with Crippen molar-refractivity contribution in [3.63, 3.8) is 0 Å². The van der Waals surface area contributed by atoms with E-state index < -0.39 is 0 Å². The third-order valence-corrected chi connectivity index (χ3v) is 3.67. The molecule has 1 aromatic rings. The third-order valence-electron chi connectivity index (χ3n) is 3.67. The Hall–Kier alpha value is -1.78. The van der Waals surface area contributed by atoms with Crippen molar-refractivity contribution in [2.24, 2.45) is 4.90 Å². The molecule has 4 nitrogen and oxygen atoms in total. The van der Waals surface area contributed by atoms with Gasteiger partial charge >= 0.3 is 7.41 Å². The number of nitrogens with one attached hydrogen (secondary N) is 1. The molecule has 2 aliphatic rings. The molecule has 1 fully saturated rings. The Bertz CT molecular complexity index is 521. The smallest absolute Gasteiger partial charge is 0.315 e. The van der Waals surface area contributed by atoms with E-state index in [4.69, 9.17) is 5.73 Å². The number of anilines is 1. The van der Waals surface area contributed by atoms with Gasteiger partial charge in [-0.3, -0.25) is 4.79 Å². The van der Waals surface area contributed by atoms with Gasteiger partial charge in [0, 0.05) is 22.9 Å². The molecule has 1 radical (unpaired) electrons. The van der Waals surface area contributed by atoms with E-state index in [1.165, 1.54) is 25.7 Å². The Morgan fingerprint density at radius 1 is 1.39 bits per heavy atom. The number of nitrogens with zero attached hydrogens (tertiary/aromatic N) is 1. The van der Waals surface area contributed by atoms with Crippen LogP contribution in [0.3, 0.4) is 0 Å². The lowest BCUT2D eigenvalue weighted by atomic mass is 9.82. The van der Waals surface area contributed by atoms with Gasteiger partial charge in [-0.2, -0.15) is 0 Å². The minimum Gasteiger partial charge on any atom is -0.398 e. The summed E-state index contributed by atoms with van der Waals surface area (Å²) in [4.78, 5) is 15.3. The Morgan fingerprint density at radius 3 is 2.89 bits per heavy atom. The molecule has 0 spiro atoms. The lowest BCUT2D eigenvalue weighted by Gasteiger charge is -2.15. The van der Waals surface area contributed by atoms with E-state index in [2.05, 4.69) is 10.2 Å². The SMILES string of the molecule is Nc1cc2c(cc1C=O)C(NC1CCCC1)=N[B]2. The van der Waals surface area contributed by atoms with Crippen LogP contribution < -0.4 is 16.5 Å². The minimum absolute atomic E-state index is 0.511. The lowest BCUT2D eigenvalue weighted by molar-refractivity contribution is 0.112. The Balaban J connectivity index is 1.87. The van der Waals surface area contributed by atoms with Crippen molar-refractivity contribution in [1.82, 2.24) is 5.32 Å². The molecule has 1 aliphatic carbocycles. The van der Waals surface area contributed by atoms with E-state index in [1.807, 2.05) is 12.1 Å². The number of nitrogens with two attached hydrogens (primary N) is 1. The van der Waals surface area contributed by atoms with Gasteiger partial charge in [0.2, 0.25) is 0 Å². The van der Waals surface area contributed by atoms with Crippen LogP contribution in [-0.2, 0) is 0 Å². The first-order valence-electron chi connectivity index (χ1n) is 6.34. The molecule has 18 heavy (non-hydrogen) atoms. The van der Waals surface area contributed by atoms with Crippen LogP contribution in [0.15, 0.2) is 17.0 Å². The lowest BCUT2D eigenvalue weighted by Crippen LogP contribution is -2.33. The molecule has 0 unspecified atom stereocenters. The topological polar surface area (TPSA) is 67.5 Å². The van der Waals surface area contributed by atoms with E-state index >= 15 is 0 Å². The number of hydrogen-bond acceptors (Lipinski definition) is 4. The number of hydrogen-bond donors (Lipinski definition) is 2. The first kappa shape index (κ1) is 11.3. The van der Waals surface area contributed by atoms with Gasteiger partial charge in [-0.15, -0.1) is 0 Å². The number of amidine groups is 1. The summed E-state index contributed by atoms with van der Waals surface area (Å²) in [5.74, 6) is 0.875. The Labute approximate surface area is 107 Å². The van der Waals surface area contributed by atoms with Crippen molar-refractivity contribution in [1.29, 1.82) is 0 Å². The number of nitrogen functional groups attached to an aromatic ring is 1. The number of carbonyl (C=O) groups is 1. The molecule has 91 valence electrons. The second kappa shape index (κ2) is 4.48. The van der Waals surface area contributed by atoms with Gasteiger partial charge in [0.1, 0.15) is 5.84 Å². The van der Waals surface area contributed by atoms with Crippen molar-refractivity contribution in [3.8, 4) is 0 Å². The zero-order valence-electron chi connectivity index (χ0n) is 10.1. The predicted molar refractivity (Wildman–Crippen MR) is 73.6 cm³/mol. The fourth-order valence-electron chi connectivity index (χ4n) is 2.65. The van der Waals surface area contributed by atoms with Crippen molar-refractivity contribution >= 4 is 30.7 Å². The van der Waals surface area contributed by atoms with Crippen molar-refractivity contribution < 1.29 is 4.79 Å². The summed E-state index contributed by atoms with van der Waals surface area (Å²) in [6.45, 7) is 0. The van der Waals surface area contributed by atoms with E-state index in [-0.39, 0.29) is 0 Å². The highest BCUT2D eigenvalue weighted by molar-refractivity contribution is 6.59. The standard InChI is InChI=1S/C13H15BN3O/c15-12-6-11-10(5-8(12)7-18)13(17-14-11)16-9-3-1-2-4-9/h5-7,9H,1-4,15H2,(H,16,17). The quantitative estimate of drug-likeness (QED) is 0.452. The normalized spacial score (nSPS) is 18.1. The van der Waals surface area contributed by atoms with Crippen LogP contribution in [0.2, 0.25) is 0 Å². The van der Waals surface area contributed by atoms with Crippen molar-refractivity contribution in [2.75, 3.05) is 5.73 Å². The zero-order valence-corrected chi connectivity index (χ0v) is 10.1. The van der Waals surface area contributed by atoms with Crippen LogP contribution in [-0.4, -0.2) is 25.6 Å². The fourth-order valence-corrected chi connectivity index (χ4v) is 2.65. The molecule has 0 saturated heterocycles. The summed E-state index contributed by atoms with van der Waals surface area (Å²) in [7, 11) is 1.80. The number of aldehydes is 1. The van der Waals surface area contributed by atoms with E-state index in [0.29, 0.717) is 17.3 Å². The molecule has 1 heterocycles. The number of rotatable bonds is 2. The number of carbonyl (C=O) groups excluding carboxylic acids is 1. The molecular weight excluding hydrogens is 225 g/mol. The molecule has 0 amide bonds. The summed E-state index contributed by atoms with van der Waals surface area (Å²) in [6, 6.07) is 4.15. The van der Waals surface area contributed by atoms with Gasteiger partial charge in [-0.05, 0) is 30.4 Å². The number of benzene rings is 1. The third kappa shape index (κ3) is 1.90. The van der Waals surface area contributed by atoms with E-state index in [1.54, 1.807) is 7.41 Å². The van der Waals surface area contributed by atoms with Gasteiger partial charge in [0.25, 0.3) is 0 Å². The van der Waals surface area contributed by atoms with Crippen LogP contribution in [0.25, 0.3) is 0 Å². The van der Waals surface area contributed by atoms with Crippen LogP contribution >= 0.6 is 0 Å². The minimum atomic E-state index is 0.511.